The van der Waals surface area contributed by atoms with Gasteiger partial charge in [0.1, 0.15) is 23.6 Å². The Morgan fingerprint density at radius 2 is 1.71 bits per heavy atom. The summed E-state index contributed by atoms with van der Waals surface area (Å²) in [6.45, 7) is 5.00. The fraction of sp³-hybridized carbons (Fsp3) is 0.281. The van der Waals surface area contributed by atoms with Crippen LogP contribution in [0.15, 0.2) is 90.6 Å². The van der Waals surface area contributed by atoms with Crippen LogP contribution < -0.4 is 4.72 Å². The Morgan fingerprint density at radius 3 is 2.29 bits per heavy atom. The van der Waals surface area contributed by atoms with Crippen molar-refractivity contribution in [3.8, 4) is 11.1 Å². The number of allylic oxidation sites excluding steroid dienone is 1. The van der Waals surface area contributed by atoms with Gasteiger partial charge in [0.05, 0.1) is 12.3 Å². The van der Waals surface area contributed by atoms with Crippen molar-refractivity contribution in [1.29, 1.82) is 0 Å². The van der Waals surface area contributed by atoms with E-state index in [1.54, 1.807) is 32.1 Å². The van der Waals surface area contributed by atoms with Gasteiger partial charge in [0.25, 0.3) is 5.91 Å². The summed E-state index contributed by atoms with van der Waals surface area (Å²) in [7, 11) is -0.315. The fourth-order valence-corrected chi connectivity index (χ4v) is 6.14. The molecule has 3 aromatic carbocycles. The Bertz CT molecular complexity index is 1510. The normalized spacial score (nSPS) is 21.8. The number of cyclic esters (lactones) is 1. The fourth-order valence-electron chi connectivity index (χ4n) is 5.17. The molecule has 0 saturated carbocycles. The third-order valence-electron chi connectivity index (χ3n) is 7.44. The molecule has 5 rings (SSSR count). The highest BCUT2D eigenvalue weighted by atomic mass is 32.2. The number of ether oxygens (including phenoxy) is 2. The Labute approximate surface area is 241 Å². The number of benzene rings is 3. The SMILES string of the molecule is CS1=CC=C([C@H](O)[C@](C)(OCc2ccc(-c3ccc(F)cc3)cc2)C(=O)N2C(=O)OC(C)(C)[C@@H]2c2ccccc2)N1. The minimum absolute atomic E-state index is 0.0138. The molecule has 0 aromatic heterocycles. The quantitative estimate of drug-likeness (QED) is 0.333. The van der Waals surface area contributed by atoms with E-state index in [0.29, 0.717) is 5.70 Å². The van der Waals surface area contributed by atoms with E-state index < -0.39 is 35.3 Å². The van der Waals surface area contributed by atoms with Crippen LogP contribution >= 0.6 is 10.7 Å². The zero-order valence-electron chi connectivity index (χ0n) is 23.3. The van der Waals surface area contributed by atoms with Crippen molar-refractivity contribution in [2.24, 2.45) is 0 Å². The molecule has 9 heteroatoms. The van der Waals surface area contributed by atoms with E-state index in [9.17, 15) is 19.1 Å². The van der Waals surface area contributed by atoms with Crippen molar-refractivity contribution >= 4 is 28.0 Å². The van der Waals surface area contributed by atoms with Gasteiger partial charge in [-0.3, -0.25) is 4.79 Å². The van der Waals surface area contributed by atoms with Crippen LogP contribution in [0.4, 0.5) is 9.18 Å². The lowest BCUT2D eigenvalue weighted by Crippen LogP contribution is -2.58. The Kier molecular flexibility index (Phi) is 7.87. The summed E-state index contributed by atoms with van der Waals surface area (Å²) in [5, 5.41) is 13.5. The van der Waals surface area contributed by atoms with Crippen LogP contribution in [0.3, 0.4) is 0 Å². The van der Waals surface area contributed by atoms with E-state index >= 15 is 0 Å². The summed E-state index contributed by atoms with van der Waals surface area (Å²) in [5.41, 5.74) is 0.816. The number of amides is 2. The number of hydrogen-bond acceptors (Lipinski definition) is 6. The van der Waals surface area contributed by atoms with Crippen LogP contribution in [0.1, 0.15) is 37.9 Å². The monoisotopic (exact) mass is 576 g/mol. The molecule has 2 amide bonds. The van der Waals surface area contributed by atoms with Gasteiger partial charge in [0.15, 0.2) is 5.60 Å². The number of carbonyl (C=O) groups is 2. The Morgan fingerprint density at radius 1 is 1.10 bits per heavy atom. The standard InChI is InChI=1S/C32H33FN2O5S/c1-31(2)27(24-8-6-5-7-9-24)35(30(38)40-31)29(37)32(3,28(36)26-18-19-41(4)34-26)39-20-21-10-12-22(13-11-21)23-14-16-25(33)17-15-23/h5-19,27-28,34,36H,20H2,1-4H3/t27-,28-,32-,41?/m0/s1. The molecule has 214 valence electrons. The summed E-state index contributed by atoms with van der Waals surface area (Å²) in [4.78, 5) is 28.6. The number of aliphatic hydroxyl groups is 1. The maximum atomic E-state index is 14.4. The summed E-state index contributed by atoms with van der Waals surface area (Å²) < 4.78 is 28.5. The highest BCUT2D eigenvalue weighted by Gasteiger charge is 2.57. The van der Waals surface area contributed by atoms with Crippen molar-refractivity contribution in [3.05, 3.63) is 108 Å². The third kappa shape index (κ3) is 5.70. The van der Waals surface area contributed by atoms with Gasteiger partial charge in [0.2, 0.25) is 0 Å². The molecule has 2 aliphatic heterocycles. The number of halogens is 1. The van der Waals surface area contributed by atoms with Crippen molar-refractivity contribution in [2.75, 3.05) is 6.26 Å². The van der Waals surface area contributed by atoms with Gasteiger partial charge >= 0.3 is 6.09 Å². The first-order chi connectivity index (χ1) is 19.5. The zero-order valence-corrected chi connectivity index (χ0v) is 24.2. The van der Waals surface area contributed by atoms with Gasteiger partial charge in [-0.05, 0) is 72.9 Å². The van der Waals surface area contributed by atoms with E-state index in [2.05, 4.69) is 4.72 Å². The minimum atomic E-state index is -1.84. The predicted octanol–water partition coefficient (Wildman–Crippen LogP) is 5.73. The van der Waals surface area contributed by atoms with Crippen molar-refractivity contribution in [3.63, 3.8) is 0 Å². The zero-order chi connectivity index (χ0) is 29.4. The number of aliphatic hydroxyl groups excluding tert-OH is 1. The molecule has 1 fully saturated rings. The molecular formula is C32H33FN2O5S. The summed E-state index contributed by atoms with van der Waals surface area (Å²) in [6, 6.07) is 22.1. The lowest BCUT2D eigenvalue weighted by atomic mass is 9.88. The molecule has 2 N–H and O–H groups in total. The Balaban J connectivity index is 1.45. The molecule has 0 bridgehead atoms. The number of hydrogen-bond donors (Lipinski definition) is 2. The molecule has 4 atom stereocenters. The van der Waals surface area contributed by atoms with Crippen LogP contribution in [-0.2, 0) is 20.9 Å². The highest BCUT2D eigenvalue weighted by Crippen LogP contribution is 2.43. The van der Waals surface area contributed by atoms with Gasteiger partial charge in [0, 0.05) is 0 Å². The lowest BCUT2D eigenvalue weighted by molar-refractivity contribution is -0.170. The van der Waals surface area contributed by atoms with Crippen LogP contribution in [0.5, 0.6) is 0 Å². The van der Waals surface area contributed by atoms with Crippen molar-refractivity contribution in [1.82, 2.24) is 9.62 Å². The van der Waals surface area contributed by atoms with E-state index in [0.717, 1.165) is 27.2 Å². The number of carbonyl (C=O) groups excluding carboxylic acids is 2. The molecule has 41 heavy (non-hydrogen) atoms. The largest absolute Gasteiger partial charge is 0.440 e. The number of nitrogens with one attached hydrogen (secondary N) is 1. The minimum Gasteiger partial charge on any atom is -0.440 e. The average molecular weight is 577 g/mol. The molecule has 0 spiro atoms. The molecule has 1 saturated heterocycles. The second-order valence-corrected chi connectivity index (χ2v) is 12.5. The first kappa shape index (κ1) is 28.7. The highest BCUT2D eigenvalue weighted by molar-refractivity contribution is 8.13. The average Bonchev–Trinajstić information content (AvgIpc) is 3.50. The summed E-state index contributed by atoms with van der Waals surface area (Å²) >= 11 is 0. The predicted molar refractivity (Wildman–Crippen MR) is 158 cm³/mol. The molecule has 0 aliphatic carbocycles. The Hall–Kier alpha value is -3.79. The van der Waals surface area contributed by atoms with Crippen LogP contribution in [0.25, 0.3) is 11.1 Å². The number of imide groups is 1. The molecule has 7 nitrogen and oxygen atoms in total. The molecule has 2 heterocycles. The summed E-state index contributed by atoms with van der Waals surface area (Å²) in [6.07, 6.45) is 1.50. The van der Waals surface area contributed by atoms with E-state index in [1.165, 1.54) is 19.1 Å². The molecule has 3 aromatic rings. The molecule has 0 radical (unpaired) electrons. The topological polar surface area (TPSA) is 88.1 Å². The van der Waals surface area contributed by atoms with E-state index in [1.807, 2.05) is 66.2 Å². The van der Waals surface area contributed by atoms with Crippen LogP contribution in [0, 0.1) is 5.82 Å². The van der Waals surface area contributed by atoms with Gasteiger partial charge < -0.3 is 19.3 Å². The number of rotatable bonds is 8. The number of nitrogens with zero attached hydrogens (tertiary/aromatic N) is 1. The van der Waals surface area contributed by atoms with Gasteiger partial charge in [-0.25, -0.2) is 14.1 Å². The lowest BCUT2D eigenvalue weighted by Gasteiger charge is -2.38. The second kappa shape index (κ2) is 11.2. The van der Waals surface area contributed by atoms with Crippen molar-refractivity contribution < 1.29 is 28.6 Å². The van der Waals surface area contributed by atoms with Gasteiger partial charge in [-0.15, -0.1) is 10.7 Å². The van der Waals surface area contributed by atoms with Crippen LogP contribution in [-0.4, -0.2) is 50.9 Å². The first-order valence-electron chi connectivity index (χ1n) is 13.2. The summed E-state index contributed by atoms with van der Waals surface area (Å²) in [5.74, 6) is -1.01. The molecule has 2 aliphatic rings. The van der Waals surface area contributed by atoms with Gasteiger partial charge in [-0.2, -0.15) is 0 Å². The smallest absolute Gasteiger partial charge is 0.417 e. The first-order valence-corrected chi connectivity index (χ1v) is 14.9. The maximum absolute atomic E-state index is 14.4. The van der Waals surface area contributed by atoms with Crippen molar-refractivity contribution in [2.45, 2.75) is 50.7 Å². The molecular weight excluding hydrogens is 543 g/mol. The van der Waals surface area contributed by atoms with Crippen LogP contribution in [0.2, 0.25) is 0 Å². The third-order valence-corrected chi connectivity index (χ3v) is 8.54. The second-order valence-electron chi connectivity index (χ2n) is 10.9. The maximum Gasteiger partial charge on any atom is 0.417 e. The van der Waals surface area contributed by atoms with E-state index in [-0.39, 0.29) is 23.1 Å². The van der Waals surface area contributed by atoms with Gasteiger partial charge in [-0.1, -0.05) is 66.7 Å². The molecule has 1 unspecified atom stereocenters. The van der Waals surface area contributed by atoms with E-state index in [4.69, 9.17) is 9.47 Å².